The maximum absolute atomic E-state index is 3.74. The molecular weight excluding hydrogens is 236 g/mol. The zero-order valence-electron chi connectivity index (χ0n) is 9.68. The van der Waals surface area contributed by atoms with Gasteiger partial charge in [-0.15, -0.1) is 26.3 Å². The molecule has 0 fully saturated rings. The number of hydrogen-bond acceptors (Lipinski definition) is 4. The Kier molecular flexibility index (Phi) is 10.8. The summed E-state index contributed by atoms with van der Waals surface area (Å²) in [5, 5.41) is 0. The van der Waals surface area contributed by atoms with Crippen LogP contribution in [0.5, 0.6) is 0 Å². The minimum atomic E-state index is 0.847. The van der Waals surface area contributed by atoms with Crippen LogP contribution < -0.4 is 0 Å². The third kappa shape index (κ3) is 7.82. The van der Waals surface area contributed by atoms with Crippen molar-refractivity contribution in [3.8, 4) is 0 Å². The number of nitrogens with zero attached hydrogens (tertiary/aromatic N) is 2. The predicted octanol–water partition coefficient (Wildman–Crippen LogP) is 3.55. The summed E-state index contributed by atoms with van der Waals surface area (Å²) in [6.07, 6.45) is 7.57. The van der Waals surface area contributed by atoms with Crippen LogP contribution in [-0.2, 0) is 0 Å². The minimum absolute atomic E-state index is 0.847. The molecule has 0 heterocycles. The van der Waals surface area contributed by atoms with E-state index >= 15 is 0 Å². The Morgan fingerprint density at radius 3 is 1.06 bits per heavy atom. The molecule has 0 saturated heterocycles. The lowest BCUT2D eigenvalue weighted by molar-refractivity contribution is 0.574. The number of hydrogen-bond donors (Lipinski definition) is 0. The maximum Gasteiger partial charge on any atom is 0.0279 e. The monoisotopic (exact) mass is 256 g/mol. The van der Waals surface area contributed by atoms with Gasteiger partial charge in [0.05, 0.1) is 0 Å². The Bertz CT molecular complexity index is 185. The lowest BCUT2D eigenvalue weighted by Crippen LogP contribution is -2.19. The summed E-state index contributed by atoms with van der Waals surface area (Å²) in [6, 6.07) is 0. The van der Waals surface area contributed by atoms with Gasteiger partial charge >= 0.3 is 0 Å². The van der Waals surface area contributed by atoms with Crippen molar-refractivity contribution < 1.29 is 0 Å². The molecule has 4 heteroatoms. The summed E-state index contributed by atoms with van der Waals surface area (Å²) in [4.78, 5) is 0. The van der Waals surface area contributed by atoms with E-state index in [4.69, 9.17) is 0 Å². The van der Waals surface area contributed by atoms with E-state index in [1.54, 1.807) is 22.0 Å². The van der Waals surface area contributed by atoms with Crippen molar-refractivity contribution in [1.82, 2.24) is 8.61 Å². The van der Waals surface area contributed by atoms with E-state index in [1.807, 2.05) is 24.3 Å². The van der Waals surface area contributed by atoms with Crippen molar-refractivity contribution in [1.29, 1.82) is 0 Å². The molecule has 2 nitrogen and oxygen atoms in total. The molecule has 0 aliphatic carbocycles. The van der Waals surface area contributed by atoms with Gasteiger partial charge < -0.3 is 0 Å². The molecule has 0 rings (SSSR count). The third-order valence-corrected chi connectivity index (χ3v) is 4.12. The minimum Gasteiger partial charge on any atom is -0.233 e. The summed E-state index contributed by atoms with van der Waals surface area (Å²) in [5.41, 5.74) is 0. The van der Waals surface area contributed by atoms with Gasteiger partial charge in [-0.05, 0) is 0 Å². The van der Waals surface area contributed by atoms with Crippen LogP contribution in [0.15, 0.2) is 50.6 Å². The van der Waals surface area contributed by atoms with Crippen LogP contribution in [0.25, 0.3) is 0 Å². The van der Waals surface area contributed by atoms with Crippen LogP contribution in [0.1, 0.15) is 0 Å². The average molecular weight is 256 g/mol. The first-order chi connectivity index (χ1) is 7.78. The quantitative estimate of drug-likeness (QED) is 0.317. The van der Waals surface area contributed by atoms with Gasteiger partial charge in [-0.25, -0.2) is 8.61 Å². The van der Waals surface area contributed by atoms with Crippen molar-refractivity contribution in [3.63, 3.8) is 0 Å². The summed E-state index contributed by atoms with van der Waals surface area (Å²) >= 11 is 0. The second kappa shape index (κ2) is 11.1. The lowest BCUT2D eigenvalue weighted by Gasteiger charge is -2.21. The summed E-state index contributed by atoms with van der Waals surface area (Å²) in [5.74, 6) is 0. The first-order valence-corrected chi connectivity index (χ1v) is 7.13. The lowest BCUT2D eigenvalue weighted by atomic mass is 10.5. The number of rotatable bonds is 11. The van der Waals surface area contributed by atoms with Crippen LogP contribution in [0.2, 0.25) is 0 Å². The fourth-order valence-electron chi connectivity index (χ4n) is 0.941. The van der Waals surface area contributed by atoms with E-state index in [0.29, 0.717) is 0 Å². The van der Waals surface area contributed by atoms with Crippen molar-refractivity contribution in [3.05, 3.63) is 50.6 Å². The van der Waals surface area contributed by atoms with Gasteiger partial charge in [-0.1, -0.05) is 24.3 Å². The Hall–Kier alpha value is -0.420. The topological polar surface area (TPSA) is 6.48 Å². The zero-order chi connectivity index (χ0) is 12.2. The molecule has 0 aliphatic rings. The molecule has 0 N–H and O–H groups in total. The van der Waals surface area contributed by atoms with Crippen LogP contribution in [0, 0.1) is 0 Å². The Morgan fingerprint density at radius 2 is 0.875 bits per heavy atom. The van der Waals surface area contributed by atoms with Crippen LogP contribution in [0.4, 0.5) is 0 Å². The van der Waals surface area contributed by atoms with Crippen LogP contribution >= 0.6 is 22.0 Å². The van der Waals surface area contributed by atoms with E-state index in [1.165, 1.54) is 0 Å². The fourth-order valence-corrected chi connectivity index (χ4v) is 3.09. The first kappa shape index (κ1) is 15.6. The SMILES string of the molecule is C=CCN(CC=C)SSN(CC=C)CC=C. The third-order valence-electron chi connectivity index (χ3n) is 1.58. The highest BCUT2D eigenvalue weighted by Gasteiger charge is 2.06. The van der Waals surface area contributed by atoms with Crippen molar-refractivity contribution >= 4 is 22.0 Å². The Balaban J connectivity index is 4.00. The van der Waals surface area contributed by atoms with E-state index in [9.17, 15) is 0 Å². The molecule has 0 atom stereocenters. The van der Waals surface area contributed by atoms with Gasteiger partial charge in [0.25, 0.3) is 0 Å². The predicted molar refractivity (Wildman–Crippen MR) is 79.1 cm³/mol. The van der Waals surface area contributed by atoms with Gasteiger partial charge in [-0.3, -0.25) is 0 Å². The molecule has 0 amide bonds. The molecule has 0 bridgehead atoms. The first-order valence-electron chi connectivity index (χ1n) is 5.06. The highest BCUT2D eigenvalue weighted by atomic mass is 33.1. The second-order valence-corrected chi connectivity index (χ2v) is 5.22. The van der Waals surface area contributed by atoms with Gasteiger partial charge in [0.15, 0.2) is 0 Å². The molecule has 0 aromatic carbocycles. The second-order valence-electron chi connectivity index (χ2n) is 3.00. The van der Waals surface area contributed by atoms with E-state index in [2.05, 4.69) is 34.9 Å². The smallest absolute Gasteiger partial charge is 0.0279 e. The molecule has 0 spiro atoms. The van der Waals surface area contributed by atoms with Crippen molar-refractivity contribution in [2.75, 3.05) is 26.2 Å². The Morgan fingerprint density at radius 1 is 0.625 bits per heavy atom. The molecule has 0 aromatic rings. The summed E-state index contributed by atoms with van der Waals surface area (Å²) < 4.78 is 4.37. The molecule has 90 valence electrons. The highest BCUT2D eigenvalue weighted by molar-refractivity contribution is 8.74. The summed E-state index contributed by atoms with van der Waals surface area (Å²) in [7, 11) is 3.39. The zero-order valence-corrected chi connectivity index (χ0v) is 11.3. The Labute approximate surface area is 107 Å². The van der Waals surface area contributed by atoms with Gasteiger partial charge in [0, 0.05) is 48.1 Å². The van der Waals surface area contributed by atoms with Gasteiger partial charge in [0.1, 0.15) is 0 Å². The molecule has 0 saturated carbocycles. The highest BCUT2D eigenvalue weighted by Crippen LogP contribution is 2.29. The average Bonchev–Trinajstić information content (AvgIpc) is 2.27. The normalized spacial score (nSPS) is 10.4. The molecule has 0 radical (unpaired) electrons. The summed E-state index contributed by atoms with van der Waals surface area (Å²) in [6.45, 7) is 18.3. The fraction of sp³-hybridized carbons (Fsp3) is 0.333. The largest absolute Gasteiger partial charge is 0.233 e. The van der Waals surface area contributed by atoms with Crippen molar-refractivity contribution in [2.45, 2.75) is 0 Å². The van der Waals surface area contributed by atoms with E-state index in [-0.39, 0.29) is 0 Å². The van der Waals surface area contributed by atoms with Crippen LogP contribution in [-0.4, -0.2) is 34.8 Å². The van der Waals surface area contributed by atoms with Crippen molar-refractivity contribution in [2.24, 2.45) is 0 Å². The van der Waals surface area contributed by atoms with Gasteiger partial charge in [0.2, 0.25) is 0 Å². The molecule has 0 aliphatic heterocycles. The van der Waals surface area contributed by atoms with Gasteiger partial charge in [-0.2, -0.15) is 0 Å². The van der Waals surface area contributed by atoms with E-state index in [0.717, 1.165) is 26.2 Å². The van der Waals surface area contributed by atoms with E-state index < -0.39 is 0 Å². The van der Waals surface area contributed by atoms with Crippen LogP contribution in [0.3, 0.4) is 0 Å². The maximum atomic E-state index is 3.74. The standard InChI is InChI=1S/C12H20N2S2/c1-5-9-13(10-6-2)15-16-14(11-7-3)12-8-4/h5-8H,1-4,9-12H2. The molecule has 0 aromatic heterocycles. The molecular formula is C12H20N2S2. The molecule has 16 heavy (non-hydrogen) atoms. The molecule has 0 unspecified atom stereocenters.